The Morgan fingerprint density at radius 3 is 2.25 bits per heavy atom. The number of nitrogens with zero attached hydrogens (tertiary/aromatic N) is 1. The molecule has 3 aromatic carbocycles. The third-order valence-electron chi connectivity index (χ3n) is 4.60. The van der Waals surface area contributed by atoms with Crippen LogP contribution in [0.4, 0.5) is 5.69 Å². The predicted molar refractivity (Wildman–Crippen MR) is 109 cm³/mol. The van der Waals surface area contributed by atoms with Crippen LogP contribution >= 0.6 is 11.6 Å². The van der Waals surface area contributed by atoms with Gasteiger partial charge < -0.3 is 20.3 Å². The van der Waals surface area contributed by atoms with Gasteiger partial charge >= 0.3 is 5.97 Å². The second kappa shape index (κ2) is 6.90. The topological polar surface area (TPSA) is 106 Å². The van der Waals surface area contributed by atoms with Gasteiger partial charge in [-0.1, -0.05) is 54.1 Å². The Balaban J connectivity index is 1.86. The molecule has 0 spiro atoms. The summed E-state index contributed by atoms with van der Waals surface area (Å²) in [6.07, 6.45) is 1.74. The summed E-state index contributed by atoms with van der Waals surface area (Å²) in [6, 6.07) is 14.1. The molecule has 0 fully saturated rings. The number of hydrogen-bond acceptors (Lipinski definition) is 4. The molecule has 4 N–H and O–H groups in total. The first kappa shape index (κ1) is 17.9. The number of rotatable bonds is 4. The number of carboxylic acids is 1. The Bertz CT molecular complexity index is 1260. The van der Waals surface area contributed by atoms with Crippen LogP contribution in [0.3, 0.4) is 0 Å². The van der Waals surface area contributed by atoms with E-state index >= 15 is 0 Å². The molecule has 28 heavy (non-hydrogen) atoms. The molecule has 0 bridgehead atoms. The summed E-state index contributed by atoms with van der Waals surface area (Å²) in [5.41, 5.74) is 1.25. The van der Waals surface area contributed by atoms with E-state index in [1.54, 1.807) is 30.5 Å². The Morgan fingerprint density at radius 2 is 1.57 bits per heavy atom. The average Bonchev–Trinajstić information content (AvgIpc) is 3.11. The number of para-hydroxylation sites is 1. The van der Waals surface area contributed by atoms with Crippen LogP contribution in [-0.4, -0.2) is 32.0 Å². The molecule has 0 amide bonds. The van der Waals surface area contributed by atoms with Crippen LogP contribution in [0.2, 0.25) is 5.02 Å². The van der Waals surface area contributed by atoms with Gasteiger partial charge in [-0.05, 0) is 11.6 Å². The highest BCUT2D eigenvalue weighted by atomic mass is 35.5. The summed E-state index contributed by atoms with van der Waals surface area (Å²) >= 11 is 6.19. The average molecular weight is 395 g/mol. The molecule has 0 aliphatic heterocycles. The molecule has 1 heterocycles. The quantitative estimate of drug-likeness (QED) is 0.295. The number of aliphatic carboxylic acids is 1. The van der Waals surface area contributed by atoms with Crippen LogP contribution in [0.25, 0.3) is 21.7 Å². The minimum absolute atomic E-state index is 0.0166. The van der Waals surface area contributed by atoms with E-state index in [0.717, 1.165) is 16.5 Å². The third kappa shape index (κ3) is 2.93. The van der Waals surface area contributed by atoms with E-state index in [0.29, 0.717) is 10.8 Å². The summed E-state index contributed by atoms with van der Waals surface area (Å²) in [6.45, 7) is 0. The number of phenolic OH excluding ortho intramolecular Hbond substituents is 2. The minimum atomic E-state index is -1.24. The number of carboxylic acid groups (broad SMARTS) is 1. The number of benzene rings is 3. The molecule has 0 unspecified atom stereocenters. The second-order valence-electron chi connectivity index (χ2n) is 6.31. The lowest BCUT2D eigenvalue weighted by molar-refractivity contribution is -0.129. The molecule has 0 atom stereocenters. The molecule has 0 saturated heterocycles. The van der Waals surface area contributed by atoms with Crippen molar-refractivity contribution >= 4 is 50.6 Å². The third-order valence-corrected chi connectivity index (χ3v) is 4.96. The van der Waals surface area contributed by atoms with Crippen molar-refractivity contribution in [3.63, 3.8) is 0 Å². The van der Waals surface area contributed by atoms with Gasteiger partial charge in [0.15, 0.2) is 5.75 Å². The number of aromatic hydroxyl groups is 2. The number of halogens is 1. The fraction of sp³-hybridized carbons (Fsp3) is 0.0476. The molecular weight excluding hydrogens is 380 g/mol. The maximum Gasteiger partial charge on any atom is 0.350 e. The van der Waals surface area contributed by atoms with E-state index in [-0.39, 0.29) is 34.3 Å². The van der Waals surface area contributed by atoms with Crippen LogP contribution < -0.4 is 0 Å². The van der Waals surface area contributed by atoms with Gasteiger partial charge in [-0.15, -0.1) is 0 Å². The molecule has 140 valence electrons. The highest BCUT2D eigenvalue weighted by molar-refractivity contribution is 6.39. The van der Waals surface area contributed by atoms with Gasteiger partial charge in [0.2, 0.25) is 0 Å². The largest absolute Gasteiger partial charge is 0.506 e. The summed E-state index contributed by atoms with van der Waals surface area (Å²) in [4.78, 5) is 19.0. The van der Waals surface area contributed by atoms with Crippen molar-refractivity contribution in [1.82, 2.24) is 4.98 Å². The van der Waals surface area contributed by atoms with Gasteiger partial charge in [-0.25, -0.2) is 9.79 Å². The normalized spacial score (nSPS) is 12.0. The van der Waals surface area contributed by atoms with Gasteiger partial charge in [0.25, 0.3) is 0 Å². The van der Waals surface area contributed by atoms with Crippen LogP contribution in [0, 0.1) is 0 Å². The number of fused-ring (bicyclic) bond motifs is 2. The van der Waals surface area contributed by atoms with Gasteiger partial charge in [-0.3, -0.25) is 0 Å². The highest BCUT2D eigenvalue weighted by Gasteiger charge is 2.20. The molecule has 0 aliphatic rings. The number of aromatic amines is 1. The smallest absolute Gasteiger partial charge is 0.350 e. The van der Waals surface area contributed by atoms with Crippen LogP contribution in [0.1, 0.15) is 5.56 Å². The van der Waals surface area contributed by atoms with Crippen molar-refractivity contribution in [2.45, 2.75) is 6.42 Å². The van der Waals surface area contributed by atoms with E-state index in [9.17, 15) is 20.1 Å². The number of aliphatic imine (C=N–C) groups is 1. The zero-order valence-electron chi connectivity index (χ0n) is 14.5. The fourth-order valence-electron chi connectivity index (χ4n) is 3.22. The predicted octanol–water partition coefficient (Wildman–Crippen LogP) is 4.79. The van der Waals surface area contributed by atoms with Crippen molar-refractivity contribution < 1.29 is 20.1 Å². The summed E-state index contributed by atoms with van der Waals surface area (Å²) in [5, 5.41) is 31.9. The minimum Gasteiger partial charge on any atom is -0.506 e. The lowest BCUT2D eigenvalue weighted by Crippen LogP contribution is -2.15. The van der Waals surface area contributed by atoms with E-state index in [4.69, 9.17) is 11.6 Å². The highest BCUT2D eigenvalue weighted by Crippen LogP contribution is 2.47. The number of hydrogen-bond donors (Lipinski definition) is 4. The number of aromatic nitrogens is 1. The number of nitrogens with one attached hydrogen (secondary N) is 1. The number of H-pyrrole nitrogens is 1. The van der Waals surface area contributed by atoms with Gasteiger partial charge in [0.05, 0.1) is 0 Å². The Hall–Kier alpha value is -3.51. The maximum atomic E-state index is 11.8. The molecule has 0 saturated carbocycles. The lowest BCUT2D eigenvalue weighted by atomic mass is 10.1. The molecule has 1 aromatic heterocycles. The second-order valence-corrected chi connectivity index (χ2v) is 6.68. The molecule has 4 rings (SSSR count). The van der Waals surface area contributed by atoms with Crippen molar-refractivity contribution in [2.24, 2.45) is 4.99 Å². The van der Waals surface area contributed by atoms with Crippen molar-refractivity contribution in [3.05, 3.63) is 65.3 Å². The van der Waals surface area contributed by atoms with E-state index in [1.807, 2.05) is 24.3 Å². The lowest BCUT2D eigenvalue weighted by Gasteiger charge is -2.11. The zero-order chi connectivity index (χ0) is 19.8. The summed E-state index contributed by atoms with van der Waals surface area (Å²) in [7, 11) is 0. The Labute approximate surface area is 164 Å². The fourth-order valence-corrected chi connectivity index (χ4v) is 3.45. The summed E-state index contributed by atoms with van der Waals surface area (Å²) in [5.74, 6) is -1.78. The first-order chi connectivity index (χ1) is 13.5. The molecule has 4 aromatic rings. The van der Waals surface area contributed by atoms with Gasteiger partial charge in [0, 0.05) is 34.3 Å². The van der Waals surface area contributed by atoms with E-state index < -0.39 is 5.97 Å². The van der Waals surface area contributed by atoms with Crippen LogP contribution in [-0.2, 0) is 11.2 Å². The zero-order valence-corrected chi connectivity index (χ0v) is 15.2. The first-order valence-corrected chi connectivity index (χ1v) is 8.83. The maximum absolute atomic E-state index is 11.8. The SMILES string of the molecule is O=C(O)C(Cc1c[nH]c2ccccc12)=Nc1c(Cl)c(O)c2ccccc2c1O. The first-order valence-electron chi connectivity index (χ1n) is 8.45. The van der Waals surface area contributed by atoms with Crippen molar-refractivity contribution in [3.8, 4) is 11.5 Å². The molecule has 0 aliphatic carbocycles. The monoisotopic (exact) mass is 394 g/mol. The van der Waals surface area contributed by atoms with Gasteiger partial charge in [0.1, 0.15) is 22.2 Å². The van der Waals surface area contributed by atoms with E-state index in [1.165, 1.54) is 0 Å². The molecular formula is C21H15ClN2O4. The Morgan fingerprint density at radius 1 is 0.964 bits per heavy atom. The Kier molecular flexibility index (Phi) is 4.41. The number of carbonyl (C=O) groups is 1. The van der Waals surface area contributed by atoms with Gasteiger partial charge in [-0.2, -0.15) is 0 Å². The standard InChI is InChI=1S/C21H15ClN2O4/c22-17-18(20(26)14-7-2-1-6-13(14)19(17)25)24-16(21(27)28)9-11-10-23-15-8-4-3-5-12(11)15/h1-8,10,23,25-26H,9H2,(H,27,28). The van der Waals surface area contributed by atoms with E-state index in [2.05, 4.69) is 9.98 Å². The molecule has 0 radical (unpaired) electrons. The van der Waals surface area contributed by atoms with Crippen LogP contribution in [0.15, 0.2) is 59.7 Å². The summed E-state index contributed by atoms with van der Waals surface area (Å²) < 4.78 is 0. The van der Waals surface area contributed by atoms with Crippen molar-refractivity contribution in [1.29, 1.82) is 0 Å². The van der Waals surface area contributed by atoms with Crippen LogP contribution in [0.5, 0.6) is 11.5 Å². The number of phenols is 2. The van der Waals surface area contributed by atoms with Crippen molar-refractivity contribution in [2.75, 3.05) is 0 Å². The molecule has 7 heteroatoms. The molecule has 6 nitrogen and oxygen atoms in total.